The molecule has 0 aliphatic carbocycles. The first-order valence-corrected chi connectivity index (χ1v) is 7.83. The molecule has 0 spiro atoms. The smallest absolute Gasteiger partial charge is 0.126 e. The van der Waals surface area contributed by atoms with Crippen LogP contribution in [-0.4, -0.2) is 9.97 Å². The van der Waals surface area contributed by atoms with Crippen LogP contribution in [-0.2, 0) is 0 Å². The van der Waals surface area contributed by atoms with Crippen molar-refractivity contribution in [2.24, 2.45) is 0 Å². The first kappa shape index (κ1) is 11.3. The van der Waals surface area contributed by atoms with Crippen LogP contribution in [0.4, 0.5) is 0 Å². The second kappa shape index (κ2) is 3.83. The van der Waals surface area contributed by atoms with Crippen LogP contribution in [0.1, 0.15) is 5.56 Å². The van der Waals surface area contributed by atoms with Crippen molar-refractivity contribution in [2.45, 2.75) is 6.92 Å². The molecule has 3 aromatic rings. The first-order chi connectivity index (χ1) is 10.3. The summed E-state index contributed by atoms with van der Waals surface area (Å²) in [4.78, 5) is 9.54. The molecule has 2 aliphatic rings. The average Bonchev–Trinajstić information content (AvgIpc) is 3.04. The highest BCUT2D eigenvalue weighted by molar-refractivity contribution is 7.21. The maximum atomic E-state index is 4.79. The van der Waals surface area contributed by atoms with Gasteiger partial charge in [0.15, 0.2) is 0 Å². The van der Waals surface area contributed by atoms with E-state index in [1.165, 1.54) is 37.6 Å². The lowest BCUT2D eigenvalue weighted by Crippen LogP contribution is -1.82. The van der Waals surface area contributed by atoms with Gasteiger partial charge in [0, 0.05) is 27.2 Å². The van der Waals surface area contributed by atoms with Crippen LogP contribution in [0.25, 0.3) is 42.6 Å². The summed E-state index contributed by atoms with van der Waals surface area (Å²) in [7, 11) is 0. The largest absolute Gasteiger partial charge is 0.346 e. The van der Waals surface area contributed by atoms with Crippen molar-refractivity contribution in [3.63, 3.8) is 0 Å². The van der Waals surface area contributed by atoms with Gasteiger partial charge in [0.25, 0.3) is 0 Å². The molecule has 0 atom stereocenters. The fourth-order valence-corrected chi connectivity index (χ4v) is 4.52. The van der Waals surface area contributed by atoms with Gasteiger partial charge in [0.05, 0.1) is 5.52 Å². The molecule has 0 bridgehead atoms. The lowest BCUT2D eigenvalue weighted by atomic mass is 10.0. The Morgan fingerprint density at radius 2 is 1.71 bits per heavy atom. The molecule has 3 heteroatoms. The monoisotopic (exact) mass is 288 g/mol. The number of hydrogen-bond donors (Lipinski definition) is 1. The number of rotatable bonds is 0. The highest BCUT2D eigenvalue weighted by Crippen LogP contribution is 2.43. The zero-order chi connectivity index (χ0) is 14.0. The Kier molecular flexibility index (Phi) is 2.06. The van der Waals surface area contributed by atoms with E-state index in [0.717, 1.165) is 10.5 Å². The number of hydrogen-bond acceptors (Lipinski definition) is 2. The lowest BCUT2D eigenvalue weighted by molar-refractivity contribution is 1.49. The number of aryl methyl sites for hydroxylation is 1. The molecule has 0 saturated heterocycles. The van der Waals surface area contributed by atoms with E-state index in [-0.39, 0.29) is 0 Å². The number of para-hydroxylation sites is 2. The topological polar surface area (TPSA) is 28.7 Å². The van der Waals surface area contributed by atoms with Crippen molar-refractivity contribution in [1.82, 2.24) is 9.97 Å². The molecular formula is C18H12N2S. The van der Waals surface area contributed by atoms with Gasteiger partial charge < -0.3 is 4.98 Å². The minimum absolute atomic E-state index is 1.09. The summed E-state index contributed by atoms with van der Waals surface area (Å²) in [5.41, 5.74) is 4.91. The molecule has 0 amide bonds. The molecule has 2 aliphatic heterocycles. The SMILES string of the molecule is Cc1c2c3ccccc3nc-2sc2[nH]c3ccccc3c12. The molecule has 1 N–H and O–H groups in total. The van der Waals surface area contributed by atoms with E-state index < -0.39 is 0 Å². The van der Waals surface area contributed by atoms with Gasteiger partial charge in [-0.05, 0) is 24.6 Å². The second-order valence-electron chi connectivity index (χ2n) is 5.41. The second-order valence-corrected chi connectivity index (χ2v) is 6.41. The Labute approximate surface area is 125 Å². The van der Waals surface area contributed by atoms with Gasteiger partial charge in [-0.1, -0.05) is 47.7 Å². The van der Waals surface area contributed by atoms with Crippen LogP contribution in [0.2, 0.25) is 0 Å². The fraction of sp³-hybridized carbons (Fsp3) is 0.0556. The molecule has 0 unspecified atom stereocenters. The molecule has 0 saturated carbocycles. The lowest BCUT2D eigenvalue weighted by Gasteiger charge is -2.05. The molecule has 3 heterocycles. The summed E-state index contributed by atoms with van der Waals surface area (Å²) in [6.07, 6.45) is 0. The quantitative estimate of drug-likeness (QED) is 0.409. The molecule has 100 valence electrons. The van der Waals surface area contributed by atoms with Gasteiger partial charge in [0.2, 0.25) is 0 Å². The van der Waals surface area contributed by atoms with E-state index in [2.05, 4.69) is 60.4 Å². The molecule has 2 aromatic carbocycles. The summed E-state index contributed by atoms with van der Waals surface area (Å²) < 4.78 is 0. The van der Waals surface area contributed by atoms with Gasteiger partial charge in [-0.25, -0.2) is 4.98 Å². The fourth-order valence-electron chi connectivity index (χ4n) is 3.29. The summed E-state index contributed by atoms with van der Waals surface area (Å²) in [6, 6.07) is 16.9. The van der Waals surface area contributed by atoms with E-state index in [9.17, 15) is 0 Å². The third kappa shape index (κ3) is 1.39. The highest BCUT2D eigenvalue weighted by atomic mass is 32.1. The molecule has 21 heavy (non-hydrogen) atoms. The Bertz CT molecular complexity index is 1090. The molecule has 5 rings (SSSR count). The summed E-state index contributed by atoms with van der Waals surface area (Å²) in [5.74, 6) is 0. The van der Waals surface area contributed by atoms with E-state index in [1.54, 1.807) is 11.3 Å². The van der Waals surface area contributed by atoms with Crippen LogP contribution < -0.4 is 0 Å². The Morgan fingerprint density at radius 1 is 0.952 bits per heavy atom. The third-order valence-corrected chi connectivity index (χ3v) is 5.23. The molecule has 2 nitrogen and oxygen atoms in total. The summed E-state index contributed by atoms with van der Waals surface area (Å²) in [6.45, 7) is 2.21. The maximum Gasteiger partial charge on any atom is 0.126 e. The molecular weight excluding hydrogens is 276 g/mol. The van der Waals surface area contributed by atoms with Crippen molar-refractivity contribution in [3.05, 3.63) is 54.1 Å². The number of fused-ring (bicyclic) bond motifs is 6. The number of benzene rings is 2. The van der Waals surface area contributed by atoms with Gasteiger partial charge >= 0.3 is 0 Å². The first-order valence-electron chi connectivity index (χ1n) is 7.01. The predicted molar refractivity (Wildman–Crippen MR) is 90.3 cm³/mol. The van der Waals surface area contributed by atoms with E-state index in [4.69, 9.17) is 4.98 Å². The van der Waals surface area contributed by atoms with Crippen molar-refractivity contribution in [2.75, 3.05) is 0 Å². The Balaban J connectivity index is 2.09. The zero-order valence-corrected chi connectivity index (χ0v) is 12.3. The minimum atomic E-state index is 1.09. The third-order valence-electron chi connectivity index (χ3n) is 4.23. The molecule has 0 fully saturated rings. The van der Waals surface area contributed by atoms with E-state index in [0.29, 0.717) is 0 Å². The van der Waals surface area contributed by atoms with E-state index >= 15 is 0 Å². The molecule has 1 aromatic heterocycles. The number of aromatic amines is 1. The Hall–Kier alpha value is -2.39. The van der Waals surface area contributed by atoms with Gasteiger partial charge in [-0.3, -0.25) is 0 Å². The van der Waals surface area contributed by atoms with Crippen LogP contribution in [0.15, 0.2) is 48.5 Å². The van der Waals surface area contributed by atoms with Crippen LogP contribution in [0, 0.1) is 6.92 Å². The van der Waals surface area contributed by atoms with Crippen LogP contribution >= 0.6 is 11.3 Å². The minimum Gasteiger partial charge on any atom is -0.346 e. The van der Waals surface area contributed by atoms with Crippen molar-refractivity contribution >= 4 is 43.4 Å². The van der Waals surface area contributed by atoms with Gasteiger partial charge in [0.1, 0.15) is 9.84 Å². The molecule has 0 radical (unpaired) electrons. The summed E-state index contributed by atoms with van der Waals surface area (Å²) in [5, 5.41) is 5.01. The predicted octanol–water partition coefficient (Wildman–Crippen LogP) is 5.34. The number of H-pyrrole nitrogens is 1. The maximum absolute atomic E-state index is 4.79. The van der Waals surface area contributed by atoms with Crippen molar-refractivity contribution in [1.29, 1.82) is 0 Å². The van der Waals surface area contributed by atoms with Gasteiger partial charge in [-0.2, -0.15) is 0 Å². The van der Waals surface area contributed by atoms with Gasteiger partial charge in [-0.15, -0.1) is 0 Å². The Morgan fingerprint density at radius 3 is 2.62 bits per heavy atom. The van der Waals surface area contributed by atoms with E-state index in [1.807, 2.05) is 0 Å². The summed E-state index contributed by atoms with van der Waals surface area (Å²) >= 11 is 1.75. The average molecular weight is 288 g/mol. The normalized spacial score (nSPS) is 12.0. The van der Waals surface area contributed by atoms with Crippen LogP contribution in [0.3, 0.4) is 0 Å². The number of aromatic nitrogens is 2. The van der Waals surface area contributed by atoms with Crippen LogP contribution in [0.5, 0.6) is 0 Å². The van der Waals surface area contributed by atoms with Crippen molar-refractivity contribution < 1.29 is 0 Å². The van der Waals surface area contributed by atoms with Crippen molar-refractivity contribution in [3.8, 4) is 10.6 Å². The highest BCUT2D eigenvalue weighted by Gasteiger charge is 2.19. The standard InChI is InChI=1S/C18H12N2S/c1-10-15-11-6-2-4-8-13(11)19-17(15)21-18-16(10)12-7-3-5-9-14(12)20-18/h2-9,19H,1H3. The zero-order valence-electron chi connectivity index (χ0n) is 11.5. The number of nitrogens with zero attached hydrogens (tertiary/aromatic N) is 1. The number of nitrogens with one attached hydrogen (secondary N) is 1.